The van der Waals surface area contributed by atoms with Crippen molar-refractivity contribution in [3.8, 4) is 0 Å². The first-order valence-corrected chi connectivity index (χ1v) is 9.99. The van der Waals surface area contributed by atoms with Crippen molar-refractivity contribution in [2.75, 3.05) is 10.0 Å². The monoisotopic (exact) mass is 392 g/mol. The largest absolute Gasteiger partial charge is 0.325 e. The Kier molecular flexibility index (Phi) is 4.62. The average Bonchev–Trinajstić information content (AvgIpc) is 3.02. The Bertz CT molecular complexity index is 1140. The maximum Gasteiger partial charge on any atom is 0.263 e. The second kappa shape index (κ2) is 7.24. The van der Waals surface area contributed by atoms with Crippen molar-refractivity contribution in [1.29, 1.82) is 0 Å². The van der Waals surface area contributed by atoms with Crippen LogP contribution in [0.25, 0.3) is 0 Å². The van der Waals surface area contributed by atoms with E-state index >= 15 is 0 Å². The van der Waals surface area contributed by atoms with Crippen molar-refractivity contribution >= 4 is 39.3 Å². The summed E-state index contributed by atoms with van der Waals surface area (Å²) in [5.41, 5.74) is 2.20. The van der Waals surface area contributed by atoms with Crippen molar-refractivity contribution in [1.82, 2.24) is 4.98 Å². The first kappa shape index (κ1) is 17.9. The number of benzene rings is 2. The van der Waals surface area contributed by atoms with E-state index in [9.17, 15) is 13.2 Å². The van der Waals surface area contributed by atoms with Crippen molar-refractivity contribution in [2.24, 2.45) is 4.99 Å². The van der Waals surface area contributed by atoms with Gasteiger partial charge in [-0.2, -0.15) is 0 Å². The molecule has 0 bridgehead atoms. The lowest BCUT2D eigenvalue weighted by Crippen LogP contribution is -2.13. The molecule has 4 rings (SSSR count). The summed E-state index contributed by atoms with van der Waals surface area (Å²) in [7, 11) is -3.74. The van der Waals surface area contributed by atoms with Crippen LogP contribution in [-0.2, 0) is 14.8 Å². The Balaban J connectivity index is 1.51. The highest BCUT2D eigenvalue weighted by Crippen LogP contribution is 2.31. The molecule has 1 aromatic heterocycles. The van der Waals surface area contributed by atoms with E-state index in [4.69, 9.17) is 0 Å². The molecule has 2 N–H and O–H groups in total. The zero-order chi connectivity index (χ0) is 19.6. The lowest BCUT2D eigenvalue weighted by atomic mass is 10.0. The van der Waals surface area contributed by atoms with Crippen LogP contribution in [0, 0.1) is 0 Å². The summed E-state index contributed by atoms with van der Waals surface area (Å²) in [6.07, 6.45) is 3.07. The van der Waals surface area contributed by atoms with Gasteiger partial charge in [-0.15, -0.1) is 0 Å². The third-order valence-corrected chi connectivity index (χ3v) is 5.63. The molecule has 28 heavy (non-hydrogen) atoms. The molecule has 0 saturated heterocycles. The van der Waals surface area contributed by atoms with Crippen LogP contribution in [0.3, 0.4) is 0 Å². The predicted molar refractivity (Wildman–Crippen MR) is 107 cm³/mol. The molecule has 1 unspecified atom stereocenters. The molecule has 1 aliphatic rings. The van der Waals surface area contributed by atoms with Crippen LogP contribution in [0.2, 0.25) is 0 Å². The van der Waals surface area contributed by atoms with E-state index in [0.717, 1.165) is 11.3 Å². The summed E-state index contributed by atoms with van der Waals surface area (Å²) in [6, 6.07) is 18.5. The number of rotatable bonds is 5. The molecule has 0 spiro atoms. The van der Waals surface area contributed by atoms with Gasteiger partial charge < -0.3 is 5.32 Å². The van der Waals surface area contributed by atoms with Gasteiger partial charge in [0.25, 0.3) is 10.0 Å². The molecule has 140 valence electrons. The van der Waals surface area contributed by atoms with Gasteiger partial charge >= 0.3 is 0 Å². The smallest absolute Gasteiger partial charge is 0.263 e. The Hall–Kier alpha value is -3.52. The zero-order valence-corrected chi connectivity index (χ0v) is 15.4. The van der Waals surface area contributed by atoms with E-state index in [1.807, 2.05) is 24.3 Å². The SMILES string of the molecule is O=C1Nc2ccccc2C1C=Nc1ccc(S(=O)(=O)Nc2ccccn2)cc1. The maximum absolute atomic E-state index is 12.4. The van der Waals surface area contributed by atoms with Crippen LogP contribution in [-0.4, -0.2) is 25.5 Å². The van der Waals surface area contributed by atoms with E-state index in [1.54, 1.807) is 36.5 Å². The molecule has 1 aliphatic heterocycles. The number of aliphatic imine (C=N–C) groups is 1. The fourth-order valence-electron chi connectivity index (χ4n) is 2.87. The fourth-order valence-corrected chi connectivity index (χ4v) is 3.88. The van der Waals surface area contributed by atoms with Gasteiger partial charge in [0.2, 0.25) is 5.91 Å². The standard InChI is InChI=1S/C20H16N4O3S/c25-20-17(16-5-1-2-6-18(16)23-20)13-22-14-8-10-15(11-9-14)28(26,27)24-19-7-3-4-12-21-19/h1-13,17H,(H,21,24)(H,23,25). The number of nitrogens with one attached hydrogen (secondary N) is 2. The number of para-hydroxylation sites is 1. The van der Waals surface area contributed by atoms with Crippen LogP contribution in [0.1, 0.15) is 11.5 Å². The molecular weight excluding hydrogens is 376 g/mol. The van der Waals surface area contributed by atoms with Crippen molar-refractivity contribution in [3.05, 3.63) is 78.5 Å². The molecule has 1 atom stereocenters. The topological polar surface area (TPSA) is 101 Å². The Morgan fingerprint density at radius 3 is 2.50 bits per heavy atom. The zero-order valence-electron chi connectivity index (χ0n) is 14.6. The highest BCUT2D eigenvalue weighted by molar-refractivity contribution is 7.92. The van der Waals surface area contributed by atoms with Crippen LogP contribution in [0.5, 0.6) is 0 Å². The van der Waals surface area contributed by atoms with Gasteiger partial charge in [0.15, 0.2) is 0 Å². The number of aromatic nitrogens is 1. The predicted octanol–water partition coefficient (Wildman–Crippen LogP) is 3.32. The van der Waals surface area contributed by atoms with Crippen molar-refractivity contribution in [2.45, 2.75) is 10.8 Å². The number of carbonyl (C=O) groups is 1. The second-order valence-electron chi connectivity index (χ2n) is 6.15. The van der Waals surface area contributed by atoms with E-state index in [-0.39, 0.29) is 16.6 Å². The number of nitrogens with zero attached hydrogens (tertiary/aromatic N) is 2. The third kappa shape index (κ3) is 3.63. The molecule has 2 heterocycles. The number of carbonyl (C=O) groups excluding carboxylic acids is 1. The van der Waals surface area contributed by atoms with Crippen LogP contribution >= 0.6 is 0 Å². The van der Waals surface area contributed by atoms with Gasteiger partial charge in [-0.3, -0.25) is 14.5 Å². The first-order chi connectivity index (χ1) is 13.5. The second-order valence-corrected chi connectivity index (χ2v) is 7.83. The number of amides is 1. The van der Waals surface area contributed by atoms with Crippen LogP contribution in [0.4, 0.5) is 17.2 Å². The molecule has 7 nitrogen and oxygen atoms in total. The summed E-state index contributed by atoms with van der Waals surface area (Å²) < 4.78 is 27.3. The molecule has 0 saturated carbocycles. The van der Waals surface area contributed by atoms with Crippen molar-refractivity contribution < 1.29 is 13.2 Å². The van der Waals surface area contributed by atoms with Crippen molar-refractivity contribution in [3.63, 3.8) is 0 Å². The number of fused-ring (bicyclic) bond motifs is 1. The number of anilines is 2. The van der Waals surface area contributed by atoms with Gasteiger partial charge in [0, 0.05) is 18.1 Å². The van der Waals surface area contributed by atoms with Gasteiger partial charge in [-0.05, 0) is 48.0 Å². The van der Waals surface area contributed by atoms with Gasteiger partial charge in [-0.1, -0.05) is 24.3 Å². The van der Waals surface area contributed by atoms with E-state index in [1.165, 1.54) is 18.3 Å². The fraction of sp³-hybridized carbons (Fsp3) is 0.0500. The van der Waals surface area contributed by atoms with Crippen LogP contribution in [0.15, 0.2) is 82.8 Å². The van der Waals surface area contributed by atoms with E-state index in [2.05, 4.69) is 20.0 Å². The number of hydrogen-bond acceptors (Lipinski definition) is 5. The average molecular weight is 392 g/mol. The minimum absolute atomic E-state index is 0.0982. The molecule has 0 aliphatic carbocycles. The number of sulfonamides is 1. The van der Waals surface area contributed by atoms with Crippen LogP contribution < -0.4 is 10.0 Å². The Labute approximate surface area is 162 Å². The Morgan fingerprint density at radius 1 is 1.00 bits per heavy atom. The normalized spacial score (nSPS) is 16.0. The lowest BCUT2D eigenvalue weighted by Gasteiger charge is -2.07. The molecule has 2 aromatic carbocycles. The molecule has 8 heteroatoms. The number of pyridine rings is 1. The molecular formula is C20H16N4O3S. The molecule has 3 aromatic rings. The Morgan fingerprint density at radius 2 is 1.75 bits per heavy atom. The summed E-state index contributed by atoms with van der Waals surface area (Å²) in [6.45, 7) is 0. The highest BCUT2D eigenvalue weighted by Gasteiger charge is 2.28. The molecule has 0 radical (unpaired) electrons. The summed E-state index contributed by atoms with van der Waals surface area (Å²) in [4.78, 5) is 20.5. The summed E-state index contributed by atoms with van der Waals surface area (Å²) >= 11 is 0. The quantitative estimate of drug-likeness (QED) is 0.651. The summed E-state index contributed by atoms with van der Waals surface area (Å²) in [5.74, 6) is -0.357. The molecule has 0 fully saturated rings. The van der Waals surface area contributed by atoms with E-state index < -0.39 is 15.9 Å². The minimum Gasteiger partial charge on any atom is -0.325 e. The first-order valence-electron chi connectivity index (χ1n) is 8.51. The summed E-state index contributed by atoms with van der Waals surface area (Å²) in [5, 5.41) is 2.81. The van der Waals surface area contributed by atoms with Gasteiger partial charge in [0.05, 0.1) is 10.6 Å². The maximum atomic E-state index is 12.4. The lowest BCUT2D eigenvalue weighted by molar-refractivity contribution is -0.115. The third-order valence-electron chi connectivity index (χ3n) is 4.26. The highest BCUT2D eigenvalue weighted by atomic mass is 32.2. The number of hydrogen-bond donors (Lipinski definition) is 2. The minimum atomic E-state index is -3.74. The van der Waals surface area contributed by atoms with E-state index in [0.29, 0.717) is 5.69 Å². The van der Waals surface area contributed by atoms with Gasteiger partial charge in [0.1, 0.15) is 11.7 Å². The van der Waals surface area contributed by atoms with Gasteiger partial charge in [-0.25, -0.2) is 13.4 Å². The molecule has 1 amide bonds.